The fourth-order valence-electron chi connectivity index (χ4n) is 2.26. The van der Waals surface area contributed by atoms with Crippen LogP contribution in [-0.4, -0.2) is 45.3 Å². The number of nitrogens with one attached hydrogen (secondary N) is 1. The minimum absolute atomic E-state index is 0.246. The fraction of sp³-hybridized carbons (Fsp3) is 0.933. The van der Waals surface area contributed by atoms with Crippen LogP contribution >= 0.6 is 0 Å². The van der Waals surface area contributed by atoms with Gasteiger partial charge in [0.1, 0.15) is 6.61 Å². The standard InChI is InChI=1S/C15H27NO3/c17-15(10-13-2-1-3-13)12-19-9-8-18-7-6-16-11-14-4-5-14/h13-14,16H,1-12H2. The Morgan fingerprint density at radius 3 is 2.47 bits per heavy atom. The molecule has 0 spiro atoms. The van der Waals surface area contributed by atoms with E-state index in [4.69, 9.17) is 9.47 Å². The van der Waals surface area contributed by atoms with Crippen molar-refractivity contribution in [3.05, 3.63) is 0 Å². The molecule has 2 saturated carbocycles. The van der Waals surface area contributed by atoms with Gasteiger partial charge in [0.25, 0.3) is 0 Å². The predicted molar refractivity (Wildman–Crippen MR) is 74.2 cm³/mol. The largest absolute Gasteiger partial charge is 0.378 e. The van der Waals surface area contributed by atoms with Gasteiger partial charge in [0.15, 0.2) is 5.78 Å². The Morgan fingerprint density at radius 2 is 1.79 bits per heavy atom. The van der Waals surface area contributed by atoms with Crippen molar-refractivity contribution in [1.29, 1.82) is 0 Å². The minimum Gasteiger partial charge on any atom is -0.378 e. The highest BCUT2D eigenvalue weighted by atomic mass is 16.5. The Hall–Kier alpha value is -0.450. The lowest BCUT2D eigenvalue weighted by atomic mass is 9.82. The molecule has 19 heavy (non-hydrogen) atoms. The maximum absolute atomic E-state index is 11.5. The number of hydrogen-bond donors (Lipinski definition) is 1. The van der Waals surface area contributed by atoms with Crippen molar-refractivity contribution in [3.63, 3.8) is 0 Å². The summed E-state index contributed by atoms with van der Waals surface area (Å²) < 4.78 is 10.8. The number of carbonyl (C=O) groups excluding carboxylic acids is 1. The van der Waals surface area contributed by atoms with E-state index in [1.165, 1.54) is 32.1 Å². The lowest BCUT2D eigenvalue weighted by Gasteiger charge is -2.24. The summed E-state index contributed by atoms with van der Waals surface area (Å²) in [5, 5.41) is 3.37. The molecule has 0 amide bonds. The molecule has 1 N–H and O–H groups in total. The van der Waals surface area contributed by atoms with E-state index in [0.717, 1.165) is 25.6 Å². The van der Waals surface area contributed by atoms with Gasteiger partial charge in [-0.2, -0.15) is 0 Å². The number of ketones is 1. The highest BCUT2D eigenvalue weighted by Gasteiger charge is 2.20. The zero-order valence-corrected chi connectivity index (χ0v) is 11.9. The maximum Gasteiger partial charge on any atom is 0.158 e. The Kier molecular flexibility index (Phi) is 6.82. The first-order valence-corrected chi connectivity index (χ1v) is 7.72. The van der Waals surface area contributed by atoms with Crippen molar-refractivity contribution >= 4 is 5.78 Å². The summed E-state index contributed by atoms with van der Waals surface area (Å²) in [5.74, 6) is 1.81. The third-order valence-corrected chi connectivity index (χ3v) is 3.93. The molecule has 2 rings (SSSR count). The summed E-state index contributed by atoms with van der Waals surface area (Å²) >= 11 is 0. The van der Waals surface area contributed by atoms with Crippen molar-refractivity contribution in [2.45, 2.75) is 38.5 Å². The molecule has 0 unspecified atom stereocenters. The van der Waals surface area contributed by atoms with Crippen molar-refractivity contribution < 1.29 is 14.3 Å². The minimum atomic E-state index is 0.246. The fourth-order valence-corrected chi connectivity index (χ4v) is 2.26. The van der Waals surface area contributed by atoms with Gasteiger partial charge in [0.2, 0.25) is 0 Å². The normalized spacial score (nSPS) is 19.4. The number of Topliss-reactive ketones (excluding diaryl/α,β-unsaturated/α-hetero) is 1. The molecule has 0 heterocycles. The summed E-state index contributed by atoms with van der Waals surface area (Å²) in [6.45, 7) is 4.15. The van der Waals surface area contributed by atoms with Crippen LogP contribution in [0, 0.1) is 11.8 Å². The van der Waals surface area contributed by atoms with Crippen LogP contribution in [0.4, 0.5) is 0 Å². The smallest absolute Gasteiger partial charge is 0.158 e. The lowest BCUT2D eigenvalue weighted by molar-refractivity contribution is -0.125. The van der Waals surface area contributed by atoms with E-state index in [2.05, 4.69) is 5.32 Å². The van der Waals surface area contributed by atoms with Gasteiger partial charge >= 0.3 is 0 Å². The Balaban J connectivity index is 1.28. The Labute approximate surface area is 116 Å². The van der Waals surface area contributed by atoms with Crippen LogP contribution in [-0.2, 0) is 14.3 Å². The number of hydrogen-bond acceptors (Lipinski definition) is 4. The first-order chi connectivity index (χ1) is 9.34. The van der Waals surface area contributed by atoms with Crippen LogP contribution < -0.4 is 5.32 Å². The third-order valence-electron chi connectivity index (χ3n) is 3.93. The highest BCUT2D eigenvalue weighted by Crippen LogP contribution is 2.29. The van der Waals surface area contributed by atoms with Crippen molar-refractivity contribution in [3.8, 4) is 0 Å². The molecule has 110 valence electrons. The first-order valence-electron chi connectivity index (χ1n) is 7.72. The molecule has 0 radical (unpaired) electrons. The second kappa shape index (κ2) is 8.67. The summed E-state index contributed by atoms with van der Waals surface area (Å²) in [6, 6.07) is 0. The van der Waals surface area contributed by atoms with Gasteiger partial charge in [-0.05, 0) is 31.2 Å². The van der Waals surface area contributed by atoms with Gasteiger partial charge in [-0.1, -0.05) is 19.3 Å². The molecule has 0 aromatic rings. The molecule has 0 aromatic heterocycles. The van der Waals surface area contributed by atoms with E-state index < -0.39 is 0 Å². The van der Waals surface area contributed by atoms with Gasteiger partial charge in [-0.25, -0.2) is 0 Å². The van der Waals surface area contributed by atoms with Crippen LogP contribution in [0.25, 0.3) is 0 Å². The summed E-state index contributed by atoms with van der Waals surface area (Å²) in [4.78, 5) is 11.5. The molecular formula is C15H27NO3. The Morgan fingerprint density at radius 1 is 1.00 bits per heavy atom. The van der Waals surface area contributed by atoms with E-state index in [1.54, 1.807) is 0 Å². The van der Waals surface area contributed by atoms with E-state index in [-0.39, 0.29) is 12.4 Å². The Bertz CT molecular complexity index is 262. The predicted octanol–water partition coefficient (Wildman–Crippen LogP) is 1.78. The third kappa shape index (κ3) is 7.04. The molecule has 4 heteroatoms. The average Bonchev–Trinajstić information content (AvgIpc) is 3.16. The highest BCUT2D eigenvalue weighted by molar-refractivity contribution is 5.79. The molecule has 2 aliphatic carbocycles. The SMILES string of the molecule is O=C(COCCOCCNCC1CC1)CC1CCC1. The topological polar surface area (TPSA) is 47.6 Å². The van der Waals surface area contributed by atoms with Crippen LogP contribution in [0.15, 0.2) is 0 Å². The van der Waals surface area contributed by atoms with Crippen LogP contribution in [0.3, 0.4) is 0 Å². The van der Waals surface area contributed by atoms with Crippen LogP contribution in [0.5, 0.6) is 0 Å². The van der Waals surface area contributed by atoms with Crippen molar-refractivity contribution in [2.75, 3.05) is 39.5 Å². The molecular weight excluding hydrogens is 242 g/mol. The summed E-state index contributed by atoms with van der Waals surface area (Å²) in [5.41, 5.74) is 0. The summed E-state index contributed by atoms with van der Waals surface area (Å²) in [7, 11) is 0. The quantitative estimate of drug-likeness (QED) is 0.549. The lowest BCUT2D eigenvalue weighted by Crippen LogP contribution is -2.23. The van der Waals surface area contributed by atoms with Gasteiger partial charge in [-0.3, -0.25) is 4.79 Å². The van der Waals surface area contributed by atoms with E-state index in [9.17, 15) is 4.79 Å². The first kappa shape index (κ1) is 14.9. The summed E-state index contributed by atoms with van der Waals surface area (Å²) in [6.07, 6.45) is 7.23. The molecule has 0 aromatic carbocycles. The van der Waals surface area contributed by atoms with Gasteiger partial charge in [0.05, 0.1) is 19.8 Å². The second-order valence-corrected chi connectivity index (χ2v) is 5.85. The molecule has 0 saturated heterocycles. The molecule has 2 aliphatic rings. The number of ether oxygens (including phenoxy) is 2. The molecule has 0 bridgehead atoms. The van der Waals surface area contributed by atoms with Crippen LogP contribution in [0.2, 0.25) is 0 Å². The van der Waals surface area contributed by atoms with E-state index in [1.807, 2.05) is 0 Å². The van der Waals surface area contributed by atoms with Gasteiger partial charge in [0, 0.05) is 13.0 Å². The zero-order chi connectivity index (χ0) is 13.3. The van der Waals surface area contributed by atoms with E-state index in [0.29, 0.717) is 25.6 Å². The maximum atomic E-state index is 11.5. The molecule has 0 atom stereocenters. The molecule has 2 fully saturated rings. The van der Waals surface area contributed by atoms with Crippen molar-refractivity contribution in [2.24, 2.45) is 11.8 Å². The van der Waals surface area contributed by atoms with Gasteiger partial charge < -0.3 is 14.8 Å². The molecule has 4 nitrogen and oxygen atoms in total. The average molecular weight is 269 g/mol. The number of carbonyl (C=O) groups is 1. The van der Waals surface area contributed by atoms with Crippen LogP contribution in [0.1, 0.15) is 38.5 Å². The van der Waals surface area contributed by atoms with E-state index >= 15 is 0 Å². The molecule has 0 aliphatic heterocycles. The second-order valence-electron chi connectivity index (χ2n) is 5.85. The number of rotatable bonds is 12. The zero-order valence-electron chi connectivity index (χ0n) is 11.9. The monoisotopic (exact) mass is 269 g/mol. The van der Waals surface area contributed by atoms with Gasteiger partial charge in [-0.15, -0.1) is 0 Å². The van der Waals surface area contributed by atoms with Crippen molar-refractivity contribution in [1.82, 2.24) is 5.32 Å².